The van der Waals surface area contributed by atoms with Crippen molar-refractivity contribution in [2.75, 3.05) is 7.11 Å². The summed E-state index contributed by atoms with van der Waals surface area (Å²) in [5.41, 5.74) is 1.18. The minimum atomic E-state index is -0.315. The second kappa shape index (κ2) is 5.98. The summed E-state index contributed by atoms with van der Waals surface area (Å²) in [6.07, 6.45) is 0. The Hall–Kier alpha value is -1.74. The Morgan fingerprint density at radius 3 is 1.94 bits per heavy atom. The van der Waals surface area contributed by atoms with Gasteiger partial charge in [-0.1, -0.05) is 30.3 Å². The highest BCUT2D eigenvalue weighted by atomic mass is 19.1. The van der Waals surface area contributed by atoms with Gasteiger partial charge in [0.05, 0.1) is 0 Å². The maximum atomic E-state index is 13.3. The second-order valence-electron chi connectivity index (χ2n) is 2.99. The van der Waals surface area contributed by atoms with Crippen LogP contribution in [-0.2, 0) is 0 Å². The monoisotopic (exact) mass is 222 g/mol. The lowest BCUT2D eigenvalue weighted by Crippen LogP contribution is -1.83. The van der Waals surface area contributed by atoms with Crippen LogP contribution in [0.3, 0.4) is 0 Å². The Bertz CT molecular complexity index is 438. The van der Waals surface area contributed by atoms with E-state index in [0.29, 0.717) is 11.1 Å². The van der Waals surface area contributed by atoms with Gasteiger partial charge in [-0.05, 0) is 23.8 Å². The van der Waals surface area contributed by atoms with Gasteiger partial charge in [0.1, 0.15) is 11.6 Å². The third-order valence-corrected chi connectivity index (χ3v) is 2.03. The van der Waals surface area contributed by atoms with Crippen LogP contribution in [-0.4, -0.2) is 12.2 Å². The standard InChI is InChI=1S/C12H8F2.CH4O/c13-10-7-5-9(6-8-10)11-3-1-2-4-12(11)14;1-2/h1-8H;2H,1H3. The summed E-state index contributed by atoms with van der Waals surface area (Å²) in [6.45, 7) is 0. The van der Waals surface area contributed by atoms with Gasteiger partial charge >= 0.3 is 0 Å². The van der Waals surface area contributed by atoms with Crippen LogP contribution in [0, 0.1) is 11.6 Å². The van der Waals surface area contributed by atoms with Crippen LogP contribution in [0.5, 0.6) is 0 Å². The average molecular weight is 222 g/mol. The van der Waals surface area contributed by atoms with Crippen LogP contribution in [0.1, 0.15) is 0 Å². The molecular formula is C13H12F2O. The van der Waals surface area contributed by atoms with Gasteiger partial charge in [0.15, 0.2) is 0 Å². The van der Waals surface area contributed by atoms with E-state index in [2.05, 4.69) is 0 Å². The van der Waals surface area contributed by atoms with Gasteiger partial charge in [-0.15, -0.1) is 0 Å². The van der Waals surface area contributed by atoms with E-state index in [4.69, 9.17) is 5.11 Å². The van der Waals surface area contributed by atoms with Gasteiger partial charge in [-0.3, -0.25) is 0 Å². The number of aliphatic hydroxyl groups is 1. The predicted octanol–water partition coefficient (Wildman–Crippen LogP) is 3.24. The quantitative estimate of drug-likeness (QED) is 0.785. The first-order valence-corrected chi connectivity index (χ1v) is 4.72. The van der Waals surface area contributed by atoms with Crippen LogP contribution in [0.15, 0.2) is 48.5 Å². The number of rotatable bonds is 1. The topological polar surface area (TPSA) is 20.2 Å². The maximum Gasteiger partial charge on any atom is 0.131 e. The third-order valence-electron chi connectivity index (χ3n) is 2.03. The fraction of sp³-hybridized carbons (Fsp3) is 0.0769. The molecule has 0 radical (unpaired) electrons. The fourth-order valence-electron chi connectivity index (χ4n) is 1.32. The summed E-state index contributed by atoms with van der Waals surface area (Å²) in [7, 11) is 1.00. The van der Waals surface area contributed by atoms with Crippen molar-refractivity contribution in [1.29, 1.82) is 0 Å². The summed E-state index contributed by atoms with van der Waals surface area (Å²) in [4.78, 5) is 0. The molecule has 0 saturated carbocycles. The fourth-order valence-corrected chi connectivity index (χ4v) is 1.32. The molecule has 16 heavy (non-hydrogen) atoms. The molecule has 0 aliphatic rings. The number of benzene rings is 2. The van der Waals surface area contributed by atoms with Gasteiger partial charge in [0.2, 0.25) is 0 Å². The molecule has 1 N–H and O–H groups in total. The first-order chi connectivity index (χ1) is 7.77. The first kappa shape index (κ1) is 12.3. The Morgan fingerprint density at radius 2 is 1.38 bits per heavy atom. The molecular weight excluding hydrogens is 210 g/mol. The molecule has 0 bridgehead atoms. The highest BCUT2D eigenvalue weighted by Gasteiger charge is 2.02. The average Bonchev–Trinajstić information content (AvgIpc) is 2.34. The number of aliphatic hydroxyl groups excluding tert-OH is 1. The predicted molar refractivity (Wildman–Crippen MR) is 59.9 cm³/mol. The molecule has 0 aliphatic carbocycles. The van der Waals surface area contributed by atoms with Gasteiger partial charge in [0.25, 0.3) is 0 Å². The molecule has 84 valence electrons. The van der Waals surface area contributed by atoms with E-state index in [9.17, 15) is 8.78 Å². The van der Waals surface area contributed by atoms with Crippen LogP contribution in [0.2, 0.25) is 0 Å². The zero-order chi connectivity index (χ0) is 12.0. The van der Waals surface area contributed by atoms with Gasteiger partial charge in [-0.25, -0.2) is 8.78 Å². The molecule has 0 heterocycles. The SMILES string of the molecule is CO.Fc1ccc(-c2ccccc2F)cc1. The molecule has 0 amide bonds. The molecule has 2 rings (SSSR count). The van der Waals surface area contributed by atoms with E-state index in [1.54, 1.807) is 30.3 Å². The van der Waals surface area contributed by atoms with Crippen LogP contribution >= 0.6 is 0 Å². The largest absolute Gasteiger partial charge is 0.400 e. The minimum Gasteiger partial charge on any atom is -0.400 e. The molecule has 3 heteroatoms. The van der Waals surface area contributed by atoms with Crippen molar-refractivity contribution >= 4 is 0 Å². The van der Waals surface area contributed by atoms with Gasteiger partial charge in [-0.2, -0.15) is 0 Å². The molecule has 0 saturated heterocycles. The van der Waals surface area contributed by atoms with E-state index >= 15 is 0 Å². The van der Waals surface area contributed by atoms with E-state index < -0.39 is 0 Å². The summed E-state index contributed by atoms with van der Waals surface area (Å²) < 4.78 is 25.9. The van der Waals surface area contributed by atoms with Crippen molar-refractivity contribution in [3.63, 3.8) is 0 Å². The Balaban J connectivity index is 0.000000606. The molecule has 1 nitrogen and oxygen atoms in total. The van der Waals surface area contributed by atoms with E-state index in [-0.39, 0.29) is 11.6 Å². The van der Waals surface area contributed by atoms with Crippen molar-refractivity contribution in [3.8, 4) is 11.1 Å². The molecule has 0 spiro atoms. The van der Waals surface area contributed by atoms with Crippen molar-refractivity contribution in [1.82, 2.24) is 0 Å². The van der Waals surface area contributed by atoms with Crippen LogP contribution in [0.4, 0.5) is 8.78 Å². The van der Waals surface area contributed by atoms with Crippen LogP contribution < -0.4 is 0 Å². The lowest BCUT2D eigenvalue weighted by atomic mass is 10.1. The molecule has 2 aromatic rings. The molecule has 0 fully saturated rings. The lowest BCUT2D eigenvalue weighted by Gasteiger charge is -2.02. The van der Waals surface area contributed by atoms with E-state index in [1.807, 2.05) is 0 Å². The van der Waals surface area contributed by atoms with Gasteiger partial charge < -0.3 is 5.11 Å². The van der Waals surface area contributed by atoms with E-state index in [1.165, 1.54) is 18.2 Å². The van der Waals surface area contributed by atoms with Crippen molar-refractivity contribution in [3.05, 3.63) is 60.2 Å². The molecule has 0 atom stereocenters. The van der Waals surface area contributed by atoms with E-state index in [0.717, 1.165) is 7.11 Å². The number of hydrogen-bond donors (Lipinski definition) is 1. The molecule has 0 unspecified atom stereocenters. The highest BCUT2D eigenvalue weighted by molar-refractivity contribution is 5.63. The second-order valence-corrected chi connectivity index (χ2v) is 2.99. The Morgan fingerprint density at radius 1 is 0.812 bits per heavy atom. The molecule has 0 aromatic heterocycles. The number of hydrogen-bond acceptors (Lipinski definition) is 1. The summed E-state index contributed by atoms with van der Waals surface area (Å²) in [5.74, 6) is -0.607. The summed E-state index contributed by atoms with van der Waals surface area (Å²) in [6, 6.07) is 12.2. The van der Waals surface area contributed by atoms with Crippen LogP contribution in [0.25, 0.3) is 11.1 Å². The zero-order valence-electron chi connectivity index (χ0n) is 8.82. The zero-order valence-corrected chi connectivity index (χ0v) is 8.82. The highest BCUT2D eigenvalue weighted by Crippen LogP contribution is 2.22. The maximum absolute atomic E-state index is 13.3. The van der Waals surface area contributed by atoms with Crippen molar-refractivity contribution in [2.45, 2.75) is 0 Å². The Labute approximate surface area is 93.0 Å². The smallest absolute Gasteiger partial charge is 0.131 e. The molecule has 0 aliphatic heterocycles. The summed E-state index contributed by atoms with van der Waals surface area (Å²) >= 11 is 0. The molecule has 2 aromatic carbocycles. The number of halogens is 2. The lowest BCUT2D eigenvalue weighted by molar-refractivity contribution is 0.399. The van der Waals surface area contributed by atoms with Crippen molar-refractivity contribution < 1.29 is 13.9 Å². The first-order valence-electron chi connectivity index (χ1n) is 4.72. The minimum absolute atomic E-state index is 0.292. The van der Waals surface area contributed by atoms with Gasteiger partial charge in [0, 0.05) is 12.7 Å². The summed E-state index contributed by atoms with van der Waals surface area (Å²) in [5, 5.41) is 7.00. The third kappa shape index (κ3) is 2.87. The Kier molecular flexibility index (Phi) is 4.61. The normalized spacial score (nSPS) is 9.25. The van der Waals surface area contributed by atoms with Crippen molar-refractivity contribution in [2.24, 2.45) is 0 Å².